The van der Waals surface area contributed by atoms with Crippen LogP contribution in [0.2, 0.25) is 0 Å². The molecular formula is C17H17F2NO2S. The van der Waals surface area contributed by atoms with Crippen molar-refractivity contribution in [3.8, 4) is 0 Å². The third kappa shape index (κ3) is 4.22. The maximum absolute atomic E-state index is 13.3. The zero-order valence-electron chi connectivity index (χ0n) is 12.9. The summed E-state index contributed by atoms with van der Waals surface area (Å²) >= 11 is 1.40. The lowest BCUT2D eigenvalue weighted by Gasteiger charge is -2.21. The fourth-order valence-corrected chi connectivity index (χ4v) is 3.05. The number of amides is 1. The highest BCUT2D eigenvalue weighted by Gasteiger charge is 2.18. The quantitative estimate of drug-likeness (QED) is 0.735. The minimum Gasteiger partial charge on any atom is -0.313 e. The van der Waals surface area contributed by atoms with Crippen molar-refractivity contribution in [1.29, 1.82) is 0 Å². The van der Waals surface area contributed by atoms with Crippen LogP contribution >= 0.6 is 11.3 Å². The summed E-state index contributed by atoms with van der Waals surface area (Å²) in [5.74, 6) is -2.34. The van der Waals surface area contributed by atoms with E-state index in [1.54, 1.807) is 13.0 Å². The molecule has 0 saturated carbocycles. The number of halogens is 2. The van der Waals surface area contributed by atoms with Gasteiger partial charge in [0.1, 0.15) is 0 Å². The minimum atomic E-state index is -1.00. The monoisotopic (exact) mass is 337 g/mol. The second kappa shape index (κ2) is 7.46. The van der Waals surface area contributed by atoms with Crippen LogP contribution in [0.25, 0.3) is 0 Å². The molecule has 0 unspecified atom stereocenters. The van der Waals surface area contributed by atoms with Gasteiger partial charge < -0.3 is 4.90 Å². The molecule has 2 rings (SSSR count). The number of benzene rings is 1. The zero-order chi connectivity index (χ0) is 17.0. The lowest BCUT2D eigenvalue weighted by molar-refractivity contribution is -0.118. The van der Waals surface area contributed by atoms with Crippen molar-refractivity contribution in [1.82, 2.24) is 0 Å². The summed E-state index contributed by atoms with van der Waals surface area (Å²) < 4.78 is 26.3. The molecular weight excluding hydrogens is 320 g/mol. The normalized spacial score (nSPS) is 10.6. The molecule has 0 saturated heterocycles. The predicted molar refractivity (Wildman–Crippen MR) is 87.0 cm³/mol. The van der Waals surface area contributed by atoms with Crippen LogP contribution in [0.3, 0.4) is 0 Å². The highest BCUT2D eigenvalue weighted by atomic mass is 32.1. The Kier molecular flexibility index (Phi) is 5.60. The van der Waals surface area contributed by atoms with Crippen molar-refractivity contribution >= 4 is 28.7 Å². The van der Waals surface area contributed by atoms with Crippen LogP contribution < -0.4 is 4.90 Å². The topological polar surface area (TPSA) is 37.4 Å². The summed E-state index contributed by atoms with van der Waals surface area (Å²) in [4.78, 5) is 27.3. The largest absolute Gasteiger partial charge is 0.313 e. The molecule has 0 aliphatic carbocycles. The first kappa shape index (κ1) is 17.3. The molecule has 0 fully saturated rings. The van der Waals surface area contributed by atoms with Gasteiger partial charge in [-0.2, -0.15) is 0 Å². The number of carbonyl (C=O) groups is 2. The molecule has 0 bridgehead atoms. The third-order valence-electron chi connectivity index (χ3n) is 3.41. The minimum absolute atomic E-state index is 0.0304. The van der Waals surface area contributed by atoms with E-state index in [0.717, 1.165) is 17.0 Å². The molecule has 1 amide bonds. The van der Waals surface area contributed by atoms with Crippen LogP contribution in [-0.4, -0.2) is 18.2 Å². The Morgan fingerprint density at radius 3 is 2.39 bits per heavy atom. The summed E-state index contributed by atoms with van der Waals surface area (Å²) in [5, 5.41) is 0. The number of carbonyl (C=O) groups excluding carboxylic acids is 2. The van der Waals surface area contributed by atoms with Crippen molar-refractivity contribution in [2.75, 3.05) is 11.4 Å². The number of anilines is 1. The van der Waals surface area contributed by atoms with E-state index in [2.05, 4.69) is 0 Å². The SMILES string of the molecule is CCN(C(=O)CCC(=O)c1ccc(C)s1)c1ccc(F)c(F)c1. The van der Waals surface area contributed by atoms with E-state index in [1.807, 2.05) is 13.0 Å². The summed E-state index contributed by atoms with van der Waals surface area (Å²) in [6.07, 6.45) is 0.127. The second-order valence-electron chi connectivity index (χ2n) is 5.07. The first-order valence-corrected chi connectivity index (χ1v) is 8.09. The molecule has 6 heteroatoms. The second-order valence-corrected chi connectivity index (χ2v) is 6.36. The van der Waals surface area contributed by atoms with Crippen LogP contribution in [0.4, 0.5) is 14.5 Å². The molecule has 1 heterocycles. The highest BCUT2D eigenvalue weighted by molar-refractivity contribution is 7.14. The van der Waals surface area contributed by atoms with E-state index in [0.29, 0.717) is 11.4 Å². The van der Waals surface area contributed by atoms with Gasteiger partial charge in [-0.25, -0.2) is 8.78 Å². The Labute approximate surface area is 137 Å². The summed E-state index contributed by atoms with van der Waals surface area (Å²) in [6.45, 7) is 3.97. The lowest BCUT2D eigenvalue weighted by atomic mass is 10.1. The van der Waals surface area contributed by atoms with E-state index in [4.69, 9.17) is 0 Å². The molecule has 1 aromatic heterocycles. The summed E-state index contributed by atoms with van der Waals surface area (Å²) in [7, 11) is 0. The Morgan fingerprint density at radius 2 is 1.83 bits per heavy atom. The van der Waals surface area contributed by atoms with E-state index in [1.165, 1.54) is 22.3 Å². The van der Waals surface area contributed by atoms with Gasteiger partial charge in [0, 0.05) is 36.0 Å². The van der Waals surface area contributed by atoms with Crippen LogP contribution in [-0.2, 0) is 4.79 Å². The van der Waals surface area contributed by atoms with Crippen LogP contribution in [0.5, 0.6) is 0 Å². The number of Topliss-reactive ketones (excluding diaryl/α,β-unsaturated/α-hetero) is 1. The van der Waals surface area contributed by atoms with E-state index in [9.17, 15) is 18.4 Å². The van der Waals surface area contributed by atoms with Gasteiger partial charge in [-0.15, -0.1) is 11.3 Å². The van der Waals surface area contributed by atoms with E-state index < -0.39 is 11.6 Å². The van der Waals surface area contributed by atoms with Crippen molar-refractivity contribution in [3.05, 3.63) is 51.7 Å². The van der Waals surface area contributed by atoms with Crippen molar-refractivity contribution in [2.45, 2.75) is 26.7 Å². The summed E-state index contributed by atoms with van der Waals surface area (Å²) in [6, 6.07) is 6.94. The molecule has 0 radical (unpaired) electrons. The number of thiophene rings is 1. The fourth-order valence-electron chi connectivity index (χ4n) is 2.22. The van der Waals surface area contributed by atoms with Crippen molar-refractivity contribution in [3.63, 3.8) is 0 Å². The van der Waals surface area contributed by atoms with E-state index >= 15 is 0 Å². The van der Waals surface area contributed by atoms with Gasteiger partial charge in [-0.05, 0) is 38.1 Å². The number of aryl methyl sites for hydroxylation is 1. The average Bonchev–Trinajstić information content (AvgIpc) is 2.95. The molecule has 3 nitrogen and oxygen atoms in total. The number of nitrogens with zero attached hydrogens (tertiary/aromatic N) is 1. The fraction of sp³-hybridized carbons (Fsp3) is 0.294. The van der Waals surface area contributed by atoms with E-state index in [-0.39, 0.29) is 30.2 Å². The molecule has 23 heavy (non-hydrogen) atoms. The Bertz CT molecular complexity index is 727. The Balaban J connectivity index is 2.02. The third-order valence-corrected chi connectivity index (χ3v) is 4.45. The molecule has 0 atom stereocenters. The standard InChI is InChI=1S/C17H17F2NO2S/c1-3-20(12-5-6-13(18)14(19)10-12)17(22)9-7-15(21)16-8-4-11(2)23-16/h4-6,8,10H,3,7,9H2,1-2H3. The van der Waals surface area contributed by atoms with Crippen LogP contribution in [0.1, 0.15) is 34.3 Å². The first-order chi connectivity index (χ1) is 10.9. The molecule has 2 aromatic rings. The smallest absolute Gasteiger partial charge is 0.227 e. The number of hydrogen-bond donors (Lipinski definition) is 0. The van der Waals surface area contributed by atoms with Gasteiger partial charge in [-0.3, -0.25) is 9.59 Å². The Hall–Kier alpha value is -2.08. The number of hydrogen-bond acceptors (Lipinski definition) is 3. The van der Waals surface area contributed by atoms with Gasteiger partial charge >= 0.3 is 0 Å². The Morgan fingerprint density at radius 1 is 1.09 bits per heavy atom. The van der Waals surface area contributed by atoms with Crippen LogP contribution in [0.15, 0.2) is 30.3 Å². The number of ketones is 1. The van der Waals surface area contributed by atoms with Gasteiger partial charge in [0.2, 0.25) is 5.91 Å². The molecule has 122 valence electrons. The molecule has 0 N–H and O–H groups in total. The zero-order valence-corrected chi connectivity index (χ0v) is 13.8. The van der Waals surface area contributed by atoms with Gasteiger partial charge in [0.05, 0.1) is 4.88 Å². The van der Waals surface area contributed by atoms with Gasteiger partial charge in [0.25, 0.3) is 0 Å². The summed E-state index contributed by atoms with van der Waals surface area (Å²) in [5.41, 5.74) is 0.288. The molecule has 0 spiro atoms. The number of rotatable bonds is 6. The molecule has 0 aliphatic rings. The predicted octanol–water partition coefficient (Wildman–Crippen LogP) is 4.35. The van der Waals surface area contributed by atoms with Crippen molar-refractivity contribution in [2.24, 2.45) is 0 Å². The van der Waals surface area contributed by atoms with Gasteiger partial charge in [-0.1, -0.05) is 0 Å². The first-order valence-electron chi connectivity index (χ1n) is 7.27. The maximum Gasteiger partial charge on any atom is 0.227 e. The maximum atomic E-state index is 13.3. The molecule has 0 aliphatic heterocycles. The van der Waals surface area contributed by atoms with Gasteiger partial charge in [0.15, 0.2) is 17.4 Å². The van der Waals surface area contributed by atoms with Crippen LogP contribution in [0, 0.1) is 18.6 Å². The lowest BCUT2D eigenvalue weighted by Crippen LogP contribution is -2.31. The average molecular weight is 337 g/mol. The van der Waals surface area contributed by atoms with Crippen molar-refractivity contribution < 1.29 is 18.4 Å². The molecule has 1 aromatic carbocycles. The highest BCUT2D eigenvalue weighted by Crippen LogP contribution is 2.21.